The largest absolute Gasteiger partial charge is 0.356 e. The molecule has 0 aliphatic carbocycles. The summed E-state index contributed by atoms with van der Waals surface area (Å²) in [5, 5.41) is 3.67. The summed E-state index contributed by atoms with van der Waals surface area (Å²) in [6.45, 7) is 4.19. The molecule has 3 nitrogen and oxygen atoms in total. The van der Waals surface area contributed by atoms with E-state index in [0.717, 1.165) is 47.9 Å². The number of aryl methyl sites for hydroxylation is 1. The van der Waals surface area contributed by atoms with Crippen LogP contribution in [0.4, 0.5) is 5.82 Å². The lowest BCUT2D eigenvalue weighted by Crippen LogP contribution is -2.35. The molecular weight excluding hydrogens is 422 g/mol. The van der Waals surface area contributed by atoms with Crippen LogP contribution in [0.15, 0.2) is 60.0 Å². The first-order chi connectivity index (χ1) is 15.2. The quantitative estimate of drug-likeness (QED) is 0.307. The molecule has 0 N–H and O–H groups in total. The van der Waals surface area contributed by atoms with Crippen LogP contribution in [0.5, 0.6) is 0 Å². The van der Waals surface area contributed by atoms with Gasteiger partial charge in [-0.3, -0.25) is 0 Å². The van der Waals surface area contributed by atoms with Gasteiger partial charge < -0.3 is 4.90 Å². The summed E-state index contributed by atoms with van der Waals surface area (Å²) < 4.78 is 0. The van der Waals surface area contributed by atoms with Crippen LogP contribution in [0.25, 0.3) is 21.3 Å². The summed E-state index contributed by atoms with van der Waals surface area (Å²) >= 11 is 7.98. The van der Waals surface area contributed by atoms with Crippen molar-refractivity contribution >= 4 is 39.0 Å². The van der Waals surface area contributed by atoms with E-state index >= 15 is 0 Å². The van der Waals surface area contributed by atoms with Crippen LogP contribution in [-0.2, 0) is 12.8 Å². The number of hydrogen-bond acceptors (Lipinski definition) is 4. The lowest BCUT2D eigenvalue weighted by molar-refractivity contribution is 0.403. The molecule has 0 unspecified atom stereocenters. The molecule has 2 aromatic heterocycles. The van der Waals surface area contributed by atoms with Crippen molar-refractivity contribution in [1.29, 1.82) is 0 Å². The van der Waals surface area contributed by atoms with Gasteiger partial charge in [0, 0.05) is 24.0 Å². The van der Waals surface area contributed by atoms with Gasteiger partial charge in [-0.25, -0.2) is 4.98 Å². The minimum Gasteiger partial charge on any atom is -0.356 e. The normalized spacial score (nSPS) is 15.0. The van der Waals surface area contributed by atoms with E-state index in [4.69, 9.17) is 16.6 Å². The van der Waals surface area contributed by atoms with Crippen molar-refractivity contribution in [2.45, 2.75) is 32.6 Å². The number of fused-ring (bicyclic) bond motifs is 1. The first kappa shape index (κ1) is 20.5. The lowest BCUT2D eigenvalue weighted by atomic mass is 9.90. The molecule has 0 radical (unpaired) electrons. The summed E-state index contributed by atoms with van der Waals surface area (Å²) in [6, 6.07) is 19.7. The predicted molar refractivity (Wildman–Crippen MR) is 132 cm³/mol. The topological polar surface area (TPSA) is 29.0 Å². The van der Waals surface area contributed by atoms with Crippen LogP contribution in [0, 0.1) is 5.92 Å². The Kier molecular flexibility index (Phi) is 5.93. The van der Waals surface area contributed by atoms with Crippen molar-refractivity contribution in [2.24, 2.45) is 5.92 Å². The van der Waals surface area contributed by atoms with Gasteiger partial charge in [-0.15, -0.1) is 11.3 Å². The molecular formula is C26H26ClN3S. The van der Waals surface area contributed by atoms with E-state index in [9.17, 15) is 0 Å². The Labute approximate surface area is 192 Å². The zero-order chi connectivity index (χ0) is 21.2. The van der Waals surface area contributed by atoms with E-state index in [0.29, 0.717) is 5.28 Å². The molecule has 0 saturated carbocycles. The average molecular weight is 448 g/mol. The predicted octanol–water partition coefficient (Wildman–Crippen LogP) is 7.03. The van der Waals surface area contributed by atoms with Gasteiger partial charge in [0.05, 0.1) is 5.39 Å². The van der Waals surface area contributed by atoms with Gasteiger partial charge in [-0.1, -0.05) is 61.5 Å². The Morgan fingerprint density at radius 1 is 0.968 bits per heavy atom. The second-order valence-electron chi connectivity index (χ2n) is 8.32. The highest BCUT2D eigenvalue weighted by Gasteiger charge is 2.24. The molecule has 1 saturated heterocycles. The Hall–Kier alpha value is -2.43. The van der Waals surface area contributed by atoms with Crippen molar-refractivity contribution in [3.05, 3.63) is 76.4 Å². The molecule has 1 aliphatic heterocycles. The number of anilines is 1. The van der Waals surface area contributed by atoms with Crippen LogP contribution in [0.3, 0.4) is 0 Å². The monoisotopic (exact) mass is 447 g/mol. The van der Waals surface area contributed by atoms with Gasteiger partial charge in [0.1, 0.15) is 10.6 Å². The third kappa shape index (κ3) is 4.32. The van der Waals surface area contributed by atoms with Crippen molar-refractivity contribution in [1.82, 2.24) is 9.97 Å². The van der Waals surface area contributed by atoms with Crippen molar-refractivity contribution in [2.75, 3.05) is 18.0 Å². The molecule has 3 heterocycles. The Morgan fingerprint density at radius 2 is 1.71 bits per heavy atom. The van der Waals surface area contributed by atoms with Crippen molar-refractivity contribution in [3.8, 4) is 11.1 Å². The first-order valence-corrected chi connectivity index (χ1v) is 12.3. The maximum atomic E-state index is 6.33. The number of rotatable bonds is 5. The maximum Gasteiger partial charge on any atom is 0.225 e. The molecule has 5 rings (SSSR count). The highest BCUT2D eigenvalue weighted by Crippen LogP contribution is 2.40. The van der Waals surface area contributed by atoms with E-state index in [2.05, 4.69) is 76.8 Å². The molecule has 31 heavy (non-hydrogen) atoms. The van der Waals surface area contributed by atoms with E-state index in [-0.39, 0.29) is 0 Å². The number of benzene rings is 2. The average Bonchev–Trinajstić information content (AvgIpc) is 3.23. The van der Waals surface area contributed by atoms with Crippen LogP contribution in [0.1, 0.15) is 30.9 Å². The number of aromatic nitrogens is 2. The molecule has 1 aliphatic rings. The maximum absolute atomic E-state index is 6.33. The smallest absolute Gasteiger partial charge is 0.225 e. The Balaban J connectivity index is 1.42. The van der Waals surface area contributed by atoms with Gasteiger partial charge in [0.2, 0.25) is 5.28 Å². The number of hydrogen-bond donors (Lipinski definition) is 0. The summed E-state index contributed by atoms with van der Waals surface area (Å²) in [4.78, 5) is 12.6. The second kappa shape index (κ2) is 8.97. The summed E-state index contributed by atoms with van der Waals surface area (Å²) in [7, 11) is 0. The minimum atomic E-state index is 0.337. The zero-order valence-corrected chi connectivity index (χ0v) is 19.3. The van der Waals surface area contributed by atoms with Gasteiger partial charge in [0.15, 0.2) is 0 Å². The number of piperidine rings is 1. The van der Waals surface area contributed by atoms with Crippen LogP contribution in [-0.4, -0.2) is 23.1 Å². The fourth-order valence-corrected chi connectivity index (χ4v) is 5.71. The fraction of sp³-hybridized carbons (Fsp3) is 0.308. The summed E-state index contributed by atoms with van der Waals surface area (Å²) in [5.41, 5.74) is 5.21. The Bertz CT molecular complexity index is 1160. The lowest BCUT2D eigenvalue weighted by Gasteiger charge is -2.33. The van der Waals surface area contributed by atoms with E-state index in [1.807, 2.05) is 0 Å². The molecule has 5 heteroatoms. The molecule has 0 bridgehead atoms. The van der Waals surface area contributed by atoms with E-state index < -0.39 is 0 Å². The highest BCUT2D eigenvalue weighted by atomic mass is 35.5. The van der Waals surface area contributed by atoms with Crippen molar-refractivity contribution in [3.63, 3.8) is 0 Å². The summed E-state index contributed by atoms with van der Waals surface area (Å²) in [5.74, 6) is 1.71. The number of halogens is 1. The Morgan fingerprint density at radius 3 is 2.42 bits per heavy atom. The molecule has 4 aromatic rings. The van der Waals surface area contributed by atoms with Crippen molar-refractivity contribution < 1.29 is 0 Å². The molecule has 0 spiro atoms. The first-order valence-electron chi connectivity index (χ1n) is 11.0. The van der Waals surface area contributed by atoms with Crippen LogP contribution < -0.4 is 4.90 Å². The second-order valence-corrected chi connectivity index (χ2v) is 9.51. The van der Waals surface area contributed by atoms with Gasteiger partial charge >= 0.3 is 0 Å². The van der Waals surface area contributed by atoms with Crippen LogP contribution >= 0.6 is 22.9 Å². The van der Waals surface area contributed by atoms with Crippen LogP contribution in [0.2, 0.25) is 5.28 Å². The molecule has 2 aromatic carbocycles. The highest BCUT2D eigenvalue weighted by molar-refractivity contribution is 7.17. The van der Waals surface area contributed by atoms with Gasteiger partial charge in [-0.05, 0) is 59.9 Å². The standard InChI is InChI=1S/C26H26ClN3S/c1-2-18-8-10-21(11-9-18)22-17-31-25-23(22)24(28-26(27)29-25)30-14-12-20(13-15-30)16-19-6-4-3-5-7-19/h3-11,17,20H,2,12-16H2,1H3. The molecule has 0 atom stereocenters. The summed E-state index contributed by atoms with van der Waals surface area (Å²) in [6.07, 6.45) is 4.54. The third-order valence-corrected chi connectivity index (χ3v) is 7.38. The third-order valence-electron chi connectivity index (χ3n) is 6.34. The zero-order valence-electron chi connectivity index (χ0n) is 17.7. The SMILES string of the molecule is CCc1ccc(-c2csc3nc(Cl)nc(N4CCC(Cc5ccccc5)CC4)c23)cc1. The van der Waals surface area contributed by atoms with Gasteiger partial charge in [-0.2, -0.15) is 4.98 Å². The number of nitrogens with zero attached hydrogens (tertiary/aromatic N) is 3. The molecule has 158 valence electrons. The number of thiophene rings is 1. The van der Waals surface area contributed by atoms with E-state index in [1.165, 1.54) is 35.1 Å². The molecule has 1 fully saturated rings. The van der Waals surface area contributed by atoms with Gasteiger partial charge in [0.25, 0.3) is 0 Å². The fourth-order valence-electron chi connectivity index (χ4n) is 4.56. The van der Waals surface area contributed by atoms with E-state index in [1.54, 1.807) is 11.3 Å². The minimum absolute atomic E-state index is 0.337. The molecule has 0 amide bonds.